The molecule has 2 aromatic heterocycles. The third kappa shape index (κ3) is 3.72. The van der Waals surface area contributed by atoms with Gasteiger partial charge in [0.2, 0.25) is 0 Å². The molecule has 6 rings (SSSR count). The summed E-state index contributed by atoms with van der Waals surface area (Å²) in [6.07, 6.45) is 1.34. The molecule has 1 amide bonds. The van der Waals surface area contributed by atoms with E-state index in [1.54, 1.807) is 18.2 Å². The molecule has 4 aromatic carbocycles. The average molecular weight is 500 g/mol. The molecule has 0 radical (unpaired) electrons. The van der Waals surface area contributed by atoms with E-state index in [-0.39, 0.29) is 28.4 Å². The lowest BCUT2D eigenvalue weighted by atomic mass is 10.0. The molecular formula is C29H21N7O2. The second kappa shape index (κ2) is 9.19. The van der Waals surface area contributed by atoms with E-state index >= 15 is 0 Å². The number of hydrogen-bond acceptors (Lipinski definition) is 6. The molecule has 0 spiro atoms. The van der Waals surface area contributed by atoms with Crippen molar-refractivity contribution < 1.29 is 9.90 Å². The van der Waals surface area contributed by atoms with E-state index in [2.05, 4.69) is 49.4 Å². The molecule has 6 aromatic rings. The fourth-order valence-electron chi connectivity index (χ4n) is 4.80. The van der Waals surface area contributed by atoms with Crippen LogP contribution in [0.3, 0.4) is 0 Å². The first-order valence-electron chi connectivity index (χ1n) is 12.0. The van der Waals surface area contributed by atoms with E-state index in [1.807, 2.05) is 48.5 Å². The van der Waals surface area contributed by atoms with Gasteiger partial charge in [-0.1, -0.05) is 42.5 Å². The molecule has 0 bridgehead atoms. The average Bonchev–Trinajstić information content (AvgIpc) is 3.53. The van der Waals surface area contributed by atoms with Crippen molar-refractivity contribution >= 4 is 55.7 Å². The number of benzene rings is 4. The molecule has 9 heteroatoms. The number of nitrogens with one attached hydrogen (secondary N) is 2. The van der Waals surface area contributed by atoms with Gasteiger partial charge in [0, 0.05) is 39.4 Å². The van der Waals surface area contributed by atoms with Gasteiger partial charge in [-0.15, -0.1) is 10.2 Å². The Labute approximate surface area is 216 Å². The minimum Gasteiger partial charge on any atom is -0.505 e. The van der Waals surface area contributed by atoms with Crippen molar-refractivity contribution in [2.75, 3.05) is 5.32 Å². The second-order valence-electron chi connectivity index (χ2n) is 8.73. The fourth-order valence-corrected chi connectivity index (χ4v) is 4.80. The van der Waals surface area contributed by atoms with Crippen LogP contribution in [0, 0.1) is 11.3 Å². The van der Waals surface area contributed by atoms with Crippen molar-refractivity contribution in [2.24, 2.45) is 10.2 Å². The zero-order valence-corrected chi connectivity index (χ0v) is 20.3. The summed E-state index contributed by atoms with van der Waals surface area (Å²) in [6.45, 7) is 2.93. The summed E-state index contributed by atoms with van der Waals surface area (Å²) in [5.74, 6) is -0.639. The number of carbonyl (C=O) groups excluding carboxylic acids is 1. The van der Waals surface area contributed by atoms with Crippen molar-refractivity contribution in [1.29, 1.82) is 5.26 Å². The van der Waals surface area contributed by atoms with E-state index in [0.29, 0.717) is 16.5 Å². The molecule has 0 fully saturated rings. The summed E-state index contributed by atoms with van der Waals surface area (Å²) in [7, 11) is 0. The molecule has 0 aliphatic heterocycles. The largest absolute Gasteiger partial charge is 0.505 e. The summed E-state index contributed by atoms with van der Waals surface area (Å²) in [5.41, 5.74) is 3.21. The van der Waals surface area contributed by atoms with Gasteiger partial charge in [-0.05, 0) is 42.6 Å². The first kappa shape index (κ1) is 22.9. The van der Waals surface area contributed by atoms with Gasteiger partial charge in [-0.25, -0.2) is 0 Å². The lowest BCUT2D eigenvalue weighted by Crippen LogP contribution is -2.12. The number of aromatic nitrogens is 3. The number of hydrogen-bond donors (Lipinski definition) is 3. The molecule has 0 aliphatic carbocycles. The number of fused-ring (bicyclic) bond motifs is 4. The summed E-state index contributed by atoms with van der Waals surface area (Å²) in [4.78, 5) is 13.4. The highest BCUT2D eigenvalue weighted by Gasteiger charge is 2.19. The Morgan fingerprint density at radius 1 is 1.03 bits per heavy atom. The van der Waals surface area contributed by atoms with Gasteiger partial charge in [0.1, 0.15) is 17.3 Å². The summed E-state index contributed by atoms with van der Waals surface area (Å²) in [5, 5.41) is 41.4. The van der Waals surface area contributed by atoms with Crippen molar-refractivity contribution in [3.05, 3.63) is 90.1 Å². The number of carbonyl (C=O) groups is 1. The van der Waals surface area contributed by atoms with Crippen LogP contribution >= 0.6 is 0 Å². The normalized spacial score (nSPS) is 11.5. The predicted molar refractivity (Wildman–Crippen MR) is 146 cm³/mol. The Balaban J connectivity index is 1.41. The molecule has 2 heterocycles. The van der Waals surface area contributed by atoms with Gasteiger partial charge < -0.3 is 15.0 Å². The maximum atomic E-state index is 13.4. The highest BCUT2D eigenvalue weighted by atomic mass is 16.3. The third-order valence-electron chi connectivity index (χ3n) is 6.58. The number of nitrogens with zero attached hydrogens (tertiary/aromatic N) is 5. The molecule has 9 nitrogen and oxygen atoms in total. The highest BCUT2D eigenvalue weighted by molar-refractivity contribution is 6.14. The molecule has 38 heavy (non-hydrogen) atoms. The van der Waals surface area contributed by atoms with Crippen molar-refractivity contribution in [3.8, 4) is 11.8 Å². The van der Waals surface area contributed by atoms with Gasteiger partial charge >= 0.3 is 0 Å². The molecule has 0 saturated carbocycles. The summed E-state index contributed by atoms with van der Waals surface area (Å²) in [6, 6.07) is 24.8. The number of azo groups is 1. The van der Waals surface area contributed by atoms with Crippen LogP contribution < -0.4 is 5.32 Å². The topological polar surface area (TPSA) is 131 Å². The van der Waals surface area contributed by atoms with Crippen molar-refractivity contribution in [2.45, 2.75) is 13.5 Å². The Kier molecular flexibility index (Phi) is 5.55. The molecule has 0 unspecified atom stereocenters. The van der Waals surface area contributed by atoms with Crippen LogP contribution in [-0.2, 0) is 6.54 Å². The Bertz CT molecular complexity index is 1940. The maximum Gasteiger partial charge on any atom is 0.259 e. The van der Waals surface area contributed by atoms with Gasteiger partial charge in [0.15, 0.2) is 11.6 Å². The number of para-hydroxylation sites is 1. The van der Waals surface area contributed by atoms with Gasteiger partial charge in [-0.3, -0.25) is 9.89 Å². The van der Waals surface area contributed by atoms with Crippen LogP contribution in [0.1, 0.15) is 22.8 Å². The van der Waals surface area contributed by atoms with Crippen molar-refractivity contribution in [1.82, 2.24) is 14.8 Å². The fraction of sp³-hybridized carbons (Fsp3) is 0.0690. The molecule has 184 valence electrons. The number of phenolic OH excluding ortho intramolecular Hbond substituents is 1. The number of aromatic amines is 1. The third-order valence-corrected chi connectivity index (χ3v) is 6.58. The highest BCUT2D eigenvalue weighted by Crippen LogP contribution is 2.40. The molecule has 0 saturated heterocycles. The Morgan fingerprint density at radius 2 is 1.79 bits per heavy atom. The number of amides is 1. The lowest BCUT2D eigenvalue weighted by Gasteiger charge is -2.11. The number of phenols is 1. The number of nitriles is 1. The van der Waals surface area contributed by atoms with E-state index in [9.17, 15) is 15.2 Å². The molecule has 0 aliphatic rings. The van der Waals surface area contributed by atoms with Crippen LogP contribution in [0.25, 0.3) is 32.6 Å². The van der Waals surface area contributed by atoms with Crippen LogP contribution in [-0.4, -0.2) is 25.8 Å². The van der Waals surface area contributed by atoms with Gasteiger partial charge in [0.25, 0.3) is 5.91 Å². The number of H-pyrrole nitrogens is 1. The summed E-state index contributed by atoms with van der Waals surface area (Å²) < 4.78 is 2.24. The molecule has 3 N–H and O–H groups in total. The number of aryl methyl sites for hydroxylation is 1. The Hall–Kier alpha value is -5.49. The zero-order chi connectivity index (χ0) is 26.2. The van der Waals surface area contributed by atoms with Crippen LogP contribution in [0.2, 0.25) is 0 Å². The first-order chi connectivity index (χ1) is 18.6. The van der Waals surface area contributed by atoms with Crippen LogP contribution in [0.4, 0.5) is 17.2 Å². The second-order valence-corrected chi connectivity index (χ2v) is 8.73. The lowest BCUT2D eigenvalue weighted by molar-refractivity contribution is 0.102. The first-order valence-corrected chi connectivity index (χ1v) is 12.0. The number of aromatic hydroxyl groups is 1. The SMILES string of the molecule is CCn1c2ccccc2c2cc(NC(=O)c3cc4ccccc4c(N=Nc4[nH]ncc4C#N)c3O)ccc21. The standard InChI is InChI=1S/C29H21N7O2/c1-2-36-24-10-6-5-9-21(24)22-14-19(11-12-25(22)36)32-29(38)23-13-17-7-3-4-8-20(17)26(27(23)37)33-35-28-18(15-30)16-31-34-28/h3-14,16,37H,2H2,1H3,(H,31,34)(H,32,38). The van der Waals surface area contributed by atoms with E-state index in [4.69, 9.17) is 0 Å². The quantitative estimate of drug-likeness (QED) is 0.222. The van der Waals surface area contributed by atoms with Crippen LogP contribution in [0.5, 0.6) is 5.75 Å². The molecule has 0 atom stereocenters. The van der Waals surface area contributed by atoms with Gasteiger partial charge in [0.05, 0.1) is 11.8 Å². The van der Waals surface area contributed by atoms with Crippen molar-refractivity contribution in [3.63, 3.8) is 0 Å². The van der Waals surface area contributed by atoms with Gasteiger partial charge in [-0.2, -0.15) is 10.4 Å². The summed E-state index contributed by atoms with van der Waals surface area (Å²) >= 11 is 0. The predicted octanol–water partition coefficient (Wildman–Crippen LogP) is 6.94. The minimum absolute atomic E-state index is 0.0545. The maximum absolute atomic E-state index is 13.4. The van der Waals surface area contributed by atoms with Crippen LogP contribution in [0.15, 0.2) is 89.2 Å². The van der Waals surface area contributed by atoms with E-state index in [0.717, 1.165) is 28.4 Å². The monoisotopic (exact) mass is 499 g/mol. The minimum atomic E-state index is -0.484. The Morgan fingerprint density at radius 3 is 2.61 bits per heavy atom. The van der Waals surface area contributed by atoms with E-state index < -0.39 is 5.91 Å². The van der Waals surface area contributed by atoms with E-state index in [1.165, 1.54) is 6.20 Å². The number of rotatable bonds is 5. The zero-order valence-electron chi connectivity index (χ0n) is 20.3. The smallest absolute Gasteiger partial charge is 0.259 e. The molecular weight excluding hydrogens is 478 g/mol. The number of anilines is 1.